The molecule has 2 rings (SSSR count). The average molecular weight is 186 g/mol. The van der Waals surface area contributed by atoms with Crippen LogP contribution in [0.5, 0.6) is 0 Å². The van der Waals surface area contributed by atoms with Crippen molar-refractivity contribution in [3.63, 3.8) is 0 Å². The van der Waals surface area contributed by atoms with Gasteiger partial charge in [-0.15, -0.1) is 12.4 Å². The smallest absolute Gasteiger partial charge is 0.292 e. The third-order valence-electron chi connectivity index (χ3n) is 1.43. The average Bonchev–Trinajstić information content (AvgIpc) is 2.27. The summed E-state index contributed by atoms with van der Waals surface area (Å²) in [5.41, 5.74) is 12.9. The van der Waals surface area contributed by atoms with Crippen molar-refractivity contribution in [3.8, 4) is 0 Å². The quantitative estimate of drug-likeness (QED) is 0.609. The normalized spacial score (nSPS) is 9.67. The van der Waals surface area contributed by atoms with E-state index in [0.29, 0.717) is 16.8 Å². The van der Waals surface area contributed by atoms with Gasteiger partial charge in [0.25, 0.3) is 6.01 Å². The van der Waals surface area contributed by atoms with E-state index in [0.717, 1.165) is 0 Å². The number of hydrogen-bond acceptors (Lipinski definition) is 4. The third kappa shape index (κ3) is 1.29. The summed E-state index contributed by atoms with van der Waals surface area (Å²) in [6.45, 7) is 0. The summed E-state index contributed by atoms with van der Waals surface area (Å²) in [5, 5.41) is 0. The van der Waals surface area contributed by atoms with Crippen LogP contribution in [-0.4, -0.2) is 4.98 Å². The molecule has 2 aromatic rings. The van der Waals surface area contributed by atoms with Gasteiger partial charge in [0.1, 0.15) is 5.52 Å². The first kappa shape index (κ1) is 8.67. The fourth-order valence-corrected chi connectivity index (χ4v) is 0.962. The Morgan fingerprint density at radius 1 is 1.25 bits per heavy atom. The number of oxazole rings is 1. The molecular weight excluding hydrogens is 178 g/mol. The highest BCUT2D eigenvalue weighted by Gasteiger charge is 2.00. The van der Waals surface area contributed by atoms with Crippen molar-refractivity contribution in [1.29, 1.82) is 0 Å². The lowest BCUT2D eigenvalue weighted by molar-refractivity contribution is 0.626. The van der Waals surface area contributed by atoms with Crippen LogP contribution in [0.25, 0.3) is 11.1 Å². The second-order valence-corrected chi connectivity index (χ2v) is 2.28. The van der Waals surface area contributed by atoms with E-state index in [-0.39, 0.29) is 18.4 Å². The Kier molecular flexibility index (Phi) is 2.10. The van der Waals surface area contributed by atoms with Crippen LogP contribution < -0.4 is 11.5 Å². The van der Waals surface area contributed by atoms with Gasteiger partial charge < -0.3 is 15.9 Å². The van der Waals surface area contributed by atoms with Crippen LogP contribution in [0.2, 0.25) is 0 Å². The maximum Gasteiger partial charge on any atom is 0.292 e. The zero-order valence-electron chi connectivity index (χ0n) is 6.15. The topological polar surface area (TPSA) is 78.1 Å². The van der Waals surface area contributed by atoms with Gasteiger partial charge in [-0.05, 0) is 18.2 Å². The summed E-state index contributed by atoms with van der Waals surface area (Å²) in [6.07, 6.45) is 0. The van der Waals surface area contributed by atoms with Gasteiger partial charge in [0, 0.05) is 5.69 Å². The van der Waals surface area contributed by atoms with Crippen molar-refractivity contribution in [3.05, 3.63) is 18.2 Å². The number of nitrogens with zero attached hydrogens (tertiary/aromatic N) is 1. The van der Waals surface area contributed by atoms with E-state index in [2.05, 4.69) is 4.98 Å². The highest BCUT2D eigenvalue weighted by molar-refractivity contribution is 5.85. The van der Waals surface area contributed by atoms with Gasteiger partial charge in [0.05, 0.1) is 0 Å². The van der Waals surface area contributed by atoms with E-state index in [1.54, 1.807) is 18.2 Å². The SMILES string of the molecule is Cl.Nc1ccc2oc(N)nc2c1. The van der Waals surface area contributed by atoms with Crippen LogP contribution in [0.3, 0.4) is 0 Å². The largest absolute Gasteiger partial charge is 0.424 e. The Morgan fingerprint density at radius 3 is 2.75 bits per heavy atom. The molecule has 0 unspecified atom stereocenters. The van der Waals surface area contributed by atoms with Crippen LogP contribution in [-0.2, 0) is 0 Å². The minimum absolute atomic E-state index is 0. The molecule has 1 heterocycles. The molecule has 1 aromatic heterocycles. The molecular formula is C7H8ClN3O. The van der Waals surface area contributed by atoms with Gasteiger partial charge in [-0.3, -0.25) is 0 Å². The summed E-state index contributed by atoms with van der Waals surface area (Å²) < 4.78 is 5.03. The third-order valence-corrected chi connectivity index (χ3v) is 1.43. The van der Waals surface area contributed by atoms with E-state index in [4.69, 9.17) is 15.9 Å². The molecule has 0 fully saturated rings. The molecule has 5 heteroatoms. The molecule has 64 valence electrons. The van der Waals surface area contributed by atoms with Gasteiger partial charge in [0.2, 0.25) is 0 Å². The monoisotopic (exact) mass is 185 g/mol. The molecule has 12 heavy (non-hydrogen) atoms. The maximum atomic E-state index is 5.51. The van der Waals surface area contributed by atoms with E-state index in [1.807, 2.05) is 0 Å². The number of benzene rings is 1. The van der Waals surface area contributed by atoms with Gasteiger partial charge in [-0.2, -0.15) is 4.98 Å². The maximum absolute atomic E-state index is 5.51. The molecule has 0 aliphatic carbocycles. The predicted molar refractivity (Wildman–Crippen MR) is 50.1 cm³/mol. The van der Waals surface area contributed by atoms with Gasteiger partial charge in [-0.25, -0.2) is 0 Å². The molecule has 0 aliphatic heterocycles. The Bertz CT molecular complexity index is 398. The van der Waals surface area contributed by atoms with E-state index in [1.165, 1.54) is 0 Å². The molecule has 0 bridgehead atoms. The van der Waals surface area contributed by atoms with E-state index < -0.39 is 0 Å². The summed E-state index contributed by atoms with van der Waals surface area (Å²) in [5.74, 6) is 0. The molecule has 0 amide bonds. The second-order valence-electron chi connectivity index (χ2n) is 2.28. The first-order valence-electron chi connectivity index (χ1n) is 3.17. The van der Waals surface area contributed by atoms with Crippen molar-refractivity contribution < 1.29 is 4.42 Å². The second kappa shape index (κ2) is 2.91. The van der Waals surface area contributed by atoms with Crippen LogP contribution in [0, 0.1) is 0 Å². The molecule has 0 aliphatic rings. The summed E-state index contributed by atoms with van der Waals surface area (Å²) in [7, 11) is 0. The van der Waals surface area contributed by atoms with Crippen LogP contribution in [0.4, 0.5) is 11.7 Å². The van der Waals surface area contributed by atoms with Crippen molar-refractivity contribution in [2.24, 2.45) is 0 Å². The highest BCUT2D eigenvalue weighted by Crippen LogP contribution is 2.18. The van der Waals surface area contributed by atoms with Crippen LogP contribution in [0.1, 0.15) is 0 Å². The minimum atomic E-state index is 0. The first-order valence-corrected chi connectivity index (χ1v) is 3.17. The summed E-state index contributed by atoms with van der Waals surface area (Å²) in [4.78, 5) is 3.91. The van der Waals surface area contributed by atoms with Crippen molar-refractivity contribution in [2.75, 3.05) is 11.5 Å². The van der Waals surface area contributed by atoms with Gasteiger partial charge >= 0.3 is 0 Å². The number of hydrogen-bond donors (Lipinski definition) is 2. The lowest BCUT2D eigenvalue weighted by Crippen LogP contribution is -1.83. The zero-order chi connectivity index (χ0) is 7.84. The van der Waals surface area contributed by atoms with Crippen molar-refractivity contribution in [2.45, 2.75) is 0 Å². The molecule has 0 saturated heterocycles. The van der Waals surface area contributed by atoms with E-state index >= 15 is 0 Å². The minimum Gasteiger partial charge on any atom is -0.424 e. The van der Waals surface area contributed by atoms with Crippen molar-refractivity contribution >= 4 is 35.2 Å². The Balaban J connectivity index is 0.000000720. The fraction of sp³-hybridized carbons (Fsp3) is 0. The fourth-order valence-electron chi connectivity index (χ4n) is 0.962. The first-order chi connectivity index (χ1) is 5.25. The molecule has 0 saturated carbocycles. The molecule has 0 atom stereocenters. The van der Waals surface area contributed by atoms with Gasteiger partial charge in [-0.1, -0.05) is 0 Å². The molecule has 1 aromatic carbocycles. The predicted octanol–water partition coefficient (Wildman–Crippen LogP) is 1.41. The van der Waals surface area contributed by atoms with Crippen LogP contribution in [0.15, 0.2) is 22.6 Å². The Morgan fingerprint density at radius 2 is 2.00 bits per heavy atom. The summed E-state index contributed by atoms with van der Waals surface area (Å²) in [6, 6.07) is 5.38. The molecule has 0 spiro atoms. The summed E-state index contributed by atoms with van der Waals surface area (Å²) >= 11 is 0. The van der Waals surface area contributed by atoms with Crippen molar-refractivity contribution in [1.82, 2.24) is 4.98 Å². The Hall–Kier alpha value is -1.42. The van der Waals surface area contributed by atoms with Gasteiger partial charge in [0.15, 0.2) is 5.58 Å². The lowest BCUT2D eigenvalue weighted by atomic mass is 10.3. The number of rotatable bonds is 0. The standard InChI is InChI=1S/C7H7N3O.ClH/c8-4-1-2-6-5(3-4)10-7(9)11-6;/h1-3H,8H2,(H2,9,10);1H. The number of aromatic nitrogens is 1. The lowest BCUT2D eigenvalue weighted by Gasteiger charge is -1.87. The number of nitrogens with two attached hydrogens (primary N) is 2. The number of nitrogen functional groups attached to an aromatic ring is 2. The number of halogens is 1. The zero-order valence-corrected chi connectivity index (χ0v) is 6.97. The highest BCUT2D eigenvalue weighted by atomic mass is 35.5. The van der Waals surface area contributed by atoms with Crippen LogP contribution >= 0.6 is 12.4 Å². The molecule has 4 nitrogen and oxygen atoms in total. The molecule has 0 radical (unpaired) electrons. The molecule has 4 N–H and O–H groups in total. The number of fused-ring (bicyclic) bond motifs is 1. The Labute approximate surface area is 75.0 Å². The number of anilines is 2. The van der Waals surface area contributed by atoms with E-state index in [9.17, 15) is 0 Å².